The van der Waals surface area contributed by atoms with Crippen LogP contribution in [-0.2, 0) is 0 Å². The van der Waals surface area contributed by atoms with Crippen molar-refractivity contribution < 1.29 is 0 Å². The van der Waals surface area contributed by atoms with Gasteiger partial charge in [0.15, 0.2) is 0 Å². The van der Waals surface area contributed by atoms with Gasteiger partial charge in [0.05, 0.1) is 22.8 Å². The zero-order valence-electron chi connectivity index (χ0n) is 16.8. The fourth-order valence-corrected chi connectivity index (χ4v) is 3.10. The van der Waals surface area contributed by atoms with E-state index < -0.39 is 0 Å². The molecule has 0 aliphatic carbocycles. The van der Waals surface area contributed by atoms with E-state index in [9.17, 15) is 0 Å². The lowest BCUT2D eigenvalue weighted by Crippen LogP contribution is -1.93. The molecule has 4 heteroatoms. The van der Waals surface area contributed by atoms with Crippen LogP contribution >= 0.6 is 0 Å². The Morgan fingerprint density at radius 3 is 1.83 bits per heavy atom. The summed E-state index contributed by atoms with van der Waals surface area (Å²) in [5.41, 5.74) is 8.81. The first-order valence-electron chi connectivity index (χ1n) is 9.58. The molecule has 0 aliphatic rings. The van der Waals surface area contributed by atoms with E-state index in [0.29, 0.717) is 0 Å². The highest BCUT2D eigenvalue weighted by Gasteiger charge is 2.07. The van der Waals surface area contributed by atoms with E-state index in [1.54, 1.807) is 0 Å². The largest absolute Gasteiger partial charge is 0.251 e. The normalized spacial score (nSPS) is 11.1. The molecule has 0 saturated heterocycles. The molecule has 2 aromatic carbocycles. The van der Waals surface area contributed by atoms with Crippen molar-refractivity contribution in [2.75, 3.05) is 0 Å². The zero-order valence-corrected chi connectivity index (χ0v) is 16.8. The van der Waals surface area contributed by atoms with Crippen LogP contribution in [0.4, 0.5) is 11.4 Å². The van der Waals surface area contributed by atoms with E-state index in [1.165, 1.54) is 5.56 Å². The van der Waals surface area contributed by atoms with E-state index in [4.69, 9.17) is 0 Å². The molecule has 4 aromatic rings. The van der Waals surface area contributed by atoms with Crippen molar-refractivity contribution in [3.63, 3.8) is 0 Å². The fourth-order valence-electron chi connectivity index (χ4n) is 3.10. The molecule has 0 unspecified atom stereocenters. The minimum Gasteiger partial charge on any atom is -0.251 e. The summed E-state index contributed by atoms with van der Waals surface area (Å²) >= 11 is 0. The Balaban J connectivity index is 1.59. The molecule has 0 radical (unpaired) electrons. The second kappa shape index (κ2) is 8.15. The molecule has 4 nitrogen and oxygen atoms in total. The summed E-state index contributed by atoms with van der Waals surface area (Å²) in [6, 6.07) is 26.2. The Bertz CT molecular complexity index is 1160. The minimum atomic E-state index is 0.820. The third-order valence-corrected chi connectivity index (χ3v) is 4.62. The van der Waals surface area contributed by atoms with Gasteiger partial charge in [-0.3, -0.25) is 9.97 Å². The molecule has 0 amide bonds. The van der Waals surface area contributed by atoms with Crippen molar-refractivity contribution in [1.29, 1.82) is 0 Å². The van der Waals surface area contributed by atoms with Gasteiger partial charge in [-0.15, -0.1) is 0 Å². The van der Waals surface area contributed by atoms with Crippen molar-refractivity contribution in [3.8, 4) is 22.5 Å². The molecular weight excluding hydrogens is 356 g/mol. The molecule has 0 spiro atoms. The number of hydrogen-bond acceptors (Lipinski definition) is 4. The van der Waals surface area contributed by atoms with Gasteiger partial charge >= 0.3 is 0 Å². The first kappa shape index (κ1) is 18.7. The summed E-state index contributed by atoms with van der Waals surface area (Å²) in [4.78, 5) is 9.26. The van der Waals surface area contributed by atoms with Gasteiger partial charge in [0.2, 0.25) is 0 Å². The predicted molar refractivity (Wildman–Crippen MR) is 118 cm³/mol. The molecular formula is C25H22N4. The van der Waals surface area contributed by atoms with Crippen LogP contribution in [0.1, 0.15) is 17.0 Å². The predicted octanol–water partition coefficient (Wildman–Crippen LogP) is 7.15. The summed E-state index contributed by atoms with van der Waals surface area (Å²) in [6.45, 7) is 6.05. The standard InChI is InChI=1S/C25H22N4/c1-17-7-11-22(12-8-17)28-29-23-13-9-20(10-14-23)21-15-19(3)27-25(16-21)24-6-4-5-18(2)26-24/h4-16H,1-3H3. The average molecular weight is 378 g/mol. The molecule has 0 bridgehead atoms. The molecule has 2 heterocycles. The Morgan fingerprint density at radius 2 is 1.17 bits per heavy atom. The monoisotopic (exact) mass is 378 g/mol. The maximum atomic E-state index is 4.66. The second-order valence-electron chi connectivity index (χ2n) is 7.13. The Morgan fingerprint density at radius 1 is 0.552 bits per heavy atom. The van der Waals surface area contributed by atoms with Crippen molar-refractivity contribution in [1.82, 2.24) is 9.97 Å². The van der Waals surface area contributed by atoms with Crippen LogP contribution in [0.5, 0.6) is 0 Å². The minimum absolute atomic E-state index is 0.820. The summed E-state index contributed by atoms with van der Waals surface area (Å²) in [6.07, 6.45) is 0. The van der Waals surface area contributed by atoms with Crippen molar-refractivity contribution in [3.05, 3.63) is 95.8 Å². The first-order chi connectivity index (χ1) is 14.1. The molecule has 0 saturated carbocycles. The van der Waals surface area contributed by atoms with E-state index in [-0.39, 0.29) is 0 Å². The molecule has 0 fully saturated rings. The van der Waals surface area contributed by atoms with E-state index in [0.717, 1.165) is 45.3 Å². The van der Waals surface area contributed by atoms with Crippen LogP contribution in [-0.4, -0.2) is 9.97 Å². The number of rotatable bonds is 4. The Labute approximate surface area is 171 Å². The maximum absolute atomic E-state index is 4.66. The van der Waals surface area contributed by atoms with Gasteiger partial charge in [0.25, 0.3) is 0 Å². The highest BCUT2D eigenvalue weighted by atomic mass is 15.1. The second-order valence-corrected chi connectivity index (χ2v) is 7.13. The third kappa shape index (κ3) is 4.61. The number of azo groups is 1. The van der Waals surface area contributed by atoms with Gasteiger partial charge in [-0.25, -0.2) is 0 Å². The number of benzene rings is 2. The zero-order chi connectivity index (χ0) is 20.2. The molecule has 29 heavy (non-hydrogen) atoms. The SMILES string of the molecule is Cc1ccc(N=Nc2ccc(-c3cc(C)nc(-c4cccc(C)n4)c3)cc2)cc1. The van der Waals surface area contributed by atoms with Crippen LogP contribution in [0.2, 0.25) is 0 Å². The molecule has 0 N–H and O–H groups in total. The van der Waals surface area contributed by atoms with Crippen molar-refractivity contribution >= 4 is 11.4 Å². The summed E-state index contributed by atoms with van der Waals surface area (Å²) in [7, 11) is 0. The van der Waals surface area contributed by atoms with Gasteiger partial charge in [0, 0.05) is 11.4 Å². The number of nitrogens with zero attached hydrogens (tertiary/aromatic N) is 4. The molecule has 4 rings (SSSR count). The lowest BCUT2D eigenvalue weighted by molar-refractivity contribution is 1.15. The molecule has 142 valence electrons. The first-order valence-corrected chi connectivity index (χ1v) is 9.58. The van der Waals surface area contributed by atoms with E-state index >= 15 is 0 Å². The van der Waals surface area contributed by atoms with Crippen LogP contribution in [0.3, 0.4) is 0 Å². The highest BCUT2D eigenvalue weighted by Crippen LogP contribution is 2.27. The number of hydrogen-bond donors (Lipinski definition) is 0. The number of pyridine rings is 2. The lowest BCUT2D eigenvalue weighted by atomic mass is 10.0. The van der Waals surface area contributed by atoms with Crippen molar-refractivity contribution in [2.24, 2.45) is 10.2 Å². The summed E-state index contributed by atoms with van der Waals surface area (Å²) in [5, 5.41) is 8.64. The summed E-state index contributed by atoms with van der Waals surface area (Å²) in [5.74, 6) is 0. The number of aryl methyl sites for hydroxylation is 3. The Kier molecular flexibility index (Phi) is 5.25. The van der Waals surface area contributed by atoms with Gasteiger partial charge in [0.1, 0.15) is 0 Å². The molecule has 0 aliphatic heterocycles. The fraction of sp³-hybridized carbons (Fsp3) is 0.120. The molecule has 2 aromatic heterocycles. The molecule has 0 atom stereocenters. The van der Waals surface area contributed by atoms with Crippen LogP contribution in [0.25, 0.3) is 22.5 Å². The van der Waals surface area contributed by atoms with Crippen molar-refractivity contribution in [2.45, 2.75) is 20.8 Å². The third-order valence-electron chi connectivity index (χ3n) is 4.62. The lowest BCUT2D eigenvalue weighted by Gasteiger charge is -2.08. The van der Waals surface area contributed by atoms with Crippen LogP contribution in [0.15, 0.2) is 89.1 Å². The highest BCUT2D eigenvalue weighted by molar-refractivity contribution is 5.70. The van der Waals surface area contributed by atoms with Gasteiger partial charge in [-0.2, -0.15) is 10.2 Å². The van der Waals surface area contributed by atoms with E-state index in [1.807, 2.05) is 68.4 Å². The van der Waals surface area contributed by atoms with Gasteiger partial charge in [-0.05, 0) is 80.4 Å². The summed E-state index contributed by atoms with van der Waals surface area (Å²) < 4.78 is 0. The van der Waals surface area contributed by atoms with Gasteiger partial charge in [-0.1, -0.05) is 35.9 Å². The number of aromatic nitrogens is 2. The average Bonchev–Trinajstić information content (AvgIpc) is 2.73. The smallest absolute Gasteiger partial charge is 0.0895 e. The van der Waals surface area contributed by atoms with Gasteiger partial charge < -0.3 is 0 Å². The Hall–Kier alpha value is -3.66. The van der Waals surface area contributed by atoms with Crippen LogP contribution < -0.4 is 0 Å². The van der Waals surface area contributed by atoms with Crippen LogP contribution in [0, 0.1) is 20.8 Å². The van der Waals surface area contributed by atoms with E-state index in [2.05, 4.69) is 51.4 Å². The quantitative estimate of drug-likeness (QED) is 0.354. The maximum Gasteiger partial charge on any atom is 0.0895 e. The topological polar surface area (TPSA) is 50.5 Å².